The molecule has 2 fully saturated rings. The van der Waals surface area contributed by atoms with Crippen LogP contribution in [0.15, 0.2) is 30.3 Å². The normalized spacial score (nSPS) is 30.2. The Balaban J connectivity index is 0.00000208. The third-order valence-electron chi connectivity index (χ3n) is 5.16. The van der Waals surface area contributed by atoms with Crippen molar-refractivity contribution in [2.45, 2.75) is 38.7 Å². The van der Waals surface area contributed by atoms with Gasteiger partial charge >= 0.3 is 0 Å². The highest BCUT2D eigenvalue weighted by Crippen LogP contribution is 2.34. The van der Waals surface area contributed by atoms with Crippen LogP contribution < -0.4 is 10.6 Å². The van der Waals surface area contributed by atoms with Crippen molar-refractivity contribution >= 4 is 18.3 Å². The van der Waals surface area contributed by atoms with E-state index in [1.54, 1.807) is 0 Å². The molecule has 0 radical (unpaired) electrons. The summed E-state index contributed by atoms with van der Waals surface area (Å²) in [6.07, 6.45) is 4.11. The number of amides is 1. The van der Waals surface area contributed by atoms with Crippen LogP contribution in [-0.4, -0.2) is 32.1 Å². The van der Waals surface area contributed by atoms with E-state index in [-0.39, 0.29) is 35.8 Å². The molecule has 2 aliphatic heterocycles. The summed E-state index contributed by atoms with van der Waals surface area (Å²) < 4.78 is 5.94. The van der Waals surface area contributed by atoms with Crippen molar-refractivity contribution in [3.8, 4) is 0 Å². The Kier molecular flexibility index (Phi) is 7.08. The van der Waals surface area contributed by atoms with E-state index >= 15 is 0 Å². The summed E-state index contributed by atoms with van der Waals surface area (Å²) in [7, 11) is 0. The summed E-state index contributed by atoms with van der Waals surface area (Å²) in [4.78, 5) is 12.8. The van der Waals surface area contributed by atoms with Crippen molar-refractivity contribution < 1.29 is 9.53 Å². The molecule has 134 valence electrons. The van der Waals surface area contributed by atoms with Crippen LogP contribution in [0, 0.1) is 11.3 Å². The number of hydrogen-bond acceptors (Lipinski definition) is 3. The molecule has 4 nitrogen and oxygen atoms in total. The van der Waals surface area contributed by atoms with Crippen LogP contribution in [0.4, 0.5) is 0 Å². The molecule has 1 aromatic carbocycles. The highest BCUT2D eigenvalue weighted by molar-refractivity contribution is 5.85. The first-order valence-corrected chi connectivity index (χ1v) is 8.83. The Labute approximate surface area is 151 Å². The predicted molar refractivity (Wildman–Crippen MR) is 98.3 cm³/mol. The van der Waals surface area contributed by atoms with Crippen LogP contribution >= 0.6 is 12.4 Å². The fourth-order valence-electron chi connectivity index (χ4n) is 3.72. The lowest BCUT2D eigenvalue weighted by atomic mass is 9.82. The minimum Gasteiger partial charge on any atom is -0.373 e. The topological polar surface area (TPSA) is 50.4 Å². The maximum absolute atomic E-state index is 12.8. The maximum atomic E-state index is 12.8. The first-order chi connectivity index (χ1) is 11.2. The highest BCUT2D eigenvalue weighted by atomic mass is 35.5. The van der Waals surface area contributed by atoms with E-state index in [4.69, 9.17) is 4.74 Å². The van der Waals surface area contributed by atoms with E-state index in [2.05, 4.69) is 29.7 Å². The third kappa shape index (κ3) is 4.71. The van der Waals surface area contributed by atoms with Gasteiger partial charge in [-0.3, -0.25) is 4.79 Å². The zero-order valence-electron chi connectivity index (χ0n) is 14.4. The van der Waals surface area contributed by atoms with Crippen molar-refractivity contribution in [1.82, 2.24) is 10.6 Å². The number of rotatable bonds is 4. The minimum atomic E-state index is -0.109. The van der Waals surface area contributed by atoms with Crippen LogP contribution in [0.1, 0.15) is 44.3 Å². The standard InChI is InChI=1S/C19H28N2O2.ClH/c1-19(10-6-11-20-13-19)14-21-18(22)16-9-5-12-23-17(16)15-7-3-2-4-8-15;/h2-4,7-8,16-17,20H,5-6,9-14H2,1H3,(H,21,22);1H. The molecule has 3 unspecified atom stereocenters. The number of ether oxygens (including phenoxy) is 1. The summed E-state index contributed by atoms with van der Waals surface area (Å²) in [6, 6.07) is 10.1. The first-order valence-electron chi connectivity index (χ1n) is 8.83. The van der Waals surface area contributed by atoms with E-state index in [0.717, 1.165) is 44.6 Å². The molecule has 1 aromatic rings. The Morgan fingerprint density at radius 3 is 2.83 bits per heavy atom. The largest absolute Gasteiger partial charge is 0.373 e. The van der Waals surface area contributed by atoms with Crippen LogP contribution in [0.5, 0.6) is 0 Å². The number of carbonyl (C=O) groups excluding carboxylic acids is 1. The average Bonchev–Trinajstić information content (AvgIpc) is 2.61. The fourth-order valence-corrected chi connectivity index (χ4v) is 3.72. The monoisotopic (exact) mass is 352 g/mol. The predicted octanol–water partition coefficient (Wildman–Crippen LogP) is 3.08. The van der Waals surface area contributed by atoms with E-state index in [0.29, 0.717) is 0 Å². The molecule has 0 bridgehead atoms. The average molecular weight is 353 g/mol. The lowest BCUT2D eigenvalue weighted by Crippen LogP contribution is -2.47. The van der Waals surface area contributed by atoms with Gasteiger partial charge in [0, 0.05) is 19.7 Å². The molecule has 0 spiro atoms. The van der Waals surface area contributed by atoms with Gasteiger partial charge in [-0.25, -0.2) is 0 Å². The number of hydrogen-bond donors (Lipinski definition) is 2. The molecule has 0 aliphatic carbocycles. The Morgan fingerprint density at radius 1 is 1.33 bits per heavy atom. The first kappa shape index (κ1) is 19.2. The Bertz CT molecular complexity index is 517. The van der Waals surface area contributed by atoms with Gasteiger partial charge in [0.05, 0.1) is 12.0 Å². The maximum Gasteiger partial charge on any atom is 0.226 e. The quantitative estimate of drug-likeness (QED) is 0.875. The molecule has 3 atom stereocenters. The molecule has 24 heavy (non-hydrogen) atoms. The minimum absolute atomic E-state index is 0. The van der Waals surface area contributed by atoms with Gasteiger partial charge in [0.2, 0.25) is 5.91 Å². The number of carbonyl (C=O) groups is 1. The third-order valence-corrected chi connectivity index (χ3v) is 5.16. The second kappa shape index (κ2) is 8.84. The van der Waals surface area contributed by atoms with E-state index < -0.39 is 0 Å². The molecule has 2 heterocycles. The summed E-state index contributed by atoms with van der Waals surface area (Å²) in [5.41, 5.74) is 1.28. The zero-order chi connectivity index (χ0) is 16.1. The van der Waals surface area contributed by atoms with Gasteiger partial charge in [0.25, 0.3) is 0 Å². The molecule has 2 N–H and O–H groups in total. The molecule has 5 heteroatoms. The van der Waals surface area contributed by atoms with Crippen molar-refractivity contribution in [2.24, 2.45) is 11.3 Å². The van der Waals surface area contributed by atoms with Crippen LogP contribution in [0.3, 0.4) is 0 Å². The molecule has 3 rings (SSSR count). The molecule has 0 saturated carbocycles. The summed E-state index contributed by atoms with van der Waals surface area (Å²) >= 11 is 0. The number of piperidine rings is 1. The van der Waals surface area contributed by atoms with Gasteiger partial charge < -0.3 is 15.4 Å². The van der Waals surface area contributed by atoms with Gasteiger partial charge in [-0.05, 0) is 43.2 Å². The van der Waals surface area contributed by atoms with Crippen LogP contribution in [0.2, 0.25) is 0 Å². The zero-order valence-corrected chi connectivity index (χ0v) is 15.2. The molecule has 2 saturated heterocycles. The smallest absolute Gasteiger partial charge is 0.226 e. The number of benzene rings is 1. The molecule has 0 aromatic heterocycles. The van der Waals surface area contributed by atoms with E-state index in [9.17, 15) is 4.79 Å². The van der Waals surface area contributed by atoms with Crippen molar-refractivity contribution in [1.29, 1.82) is 0 Å². The SMILES string of the molecule is CC1(CNC(=O)C2CCCOC2c2ccccc2)CCCNC1.Cl. The molecular formula is C19H29ClN2O2. The number of halogens is 1. The van der Waals surface area contributed by atoms with Crippen LogP contribution in [0.25, 0.3) is 0 Å². The van der Waals surface area contributed by atoms with Crippen molar-refractivity contribution in [3.05, 3.63) is 35.9 Å². The lowest BCUT2D eigenvalue weighted by Gasteiger charge is -2.36. The van der Waals surface area contributed by atoms with E-state index in [1.807, 2.05) is 18.2 Å². The van der Waals surface area contributed by atoms with Gasteiger partial charge in [0.15, 0.2) is 0 Å². The number of nitrogens with one attached hydrogen (secondary N) is 2. The summed E-state index contributed by atoms with van der Waals surface area (Å²) in [5.74, 6) is 0.0663. The molecule has 2 aliphatic rings. The summed E-state index contributed by atoms with van der Waals surface area (Å²) in [5, 5.41) is 6.64. The fraction of sp³-hybridized carbons (Fsp3) is 0.632. The Hall–Kier alpha value is -1.10. The summed E-state index contributed by atoms with van der Waals surface area (Å²) in [6.45, 7) is 5.82. The second-order valence-corrected chi connectivity index (χ2v) is 7.26. The van der Waals surface area contributed by atoms with Crippen LogP contribution in [-0.2, 0) is 9.53 Å². The van der Waals surface area contributed by atoms with Gasteiger partial charge in [-0.2, -0.15) is 0 Å². The van der Waals surface area contributed by atoms with Gasteiger partial charge in [-0.15, -0.1) is 12.4 Å². The molecular weight excluding hydrogens is 324 g/mol. The second-order valence-electron chi connectivity index (χ2n) is 7.26. The van der Waals surface area contributed by atoms with Gasteiger partial charge in [-0.1, -0.05) is 37.3 Å². The van der Waals surface area contributed by atoms with Crippen molar-refractivity contribution in [2.75, 3.05) is 26.2 Å². The van der Waals surface area contributed by atoms with E-state index in [1.165, 1.54) is 12.8 Å². The molecule has 1 amide bonds. The Morgan fingerprint density at radius 2 is 2.12 bits per heavy atom. The van der Waals surface area contributed by atoms with Gasteiger partial charge in [0.1, 0.15) is 0 Å². The highest BCUT2D eigenvalue weighted by Gasteiger charge is 2.34. The van der Waals surface area contributed by atoms with Crippen molar-refractivity contribution in [3.63, 3.8) is 0 Å². The lowest BCUT2D eigenvalue weighted by molar-refractivity contribution is -0.135.